The Morgan fingerprint density at radius 2 is 2.07 bits per heavy atom. The number of hydrogen-bond acceptors (Lipinski definition) is 2. The van der Waals surface area contributed by atoms with Crippen LogP contribution in [0.2, 0.25) is 0 Å². The molecule has 0 atom stereocenters. The van der Waals surface area contributed by atoms with Crippen molar-refractivity contribution >= 4 is 11.0 Å². The van der Waals surface area contributed by atoms with E-state index in [0.29, 0.717) is 0 Å². The molecular weight excluding hydrogens is 176 g/mol. The third-order valence-electron chi connectivity index (χ3n) is 2.33. The molecule has 0 aliphatic carbocycles. The fourth-order valence-corrected chi connectivity index (χ4v) is 1.39. The van der Waals surface area contributed by atoms with Crippen LogP contribution in [0, 0.1) is 20.4 Å². The summed E-state index contributed by atoms with van der Waals surface area (Å²) in [6.45, 7) is 11.1. The van der Waals surface area contributed by atoms with E-state index in [1.807, 2.05) is 26.0 Å². The number of benzene rings is 1. The predicted molar refractivity (Wildman–Crippen MR) is 53.6 cm³/mol. The third kappa shape index (κ3) is 1.23. The third-order valence-corrected chi connectivity index (χ3v) is 2.33. The molecule has 0 aliphatic heterocycles. The molecule has 4 nitrogen and oxygen atoms in total. The molecule has 0 bridgehead atoms. The summed E-state index contributed by atoms with van der Waals surface area (Å²) >= 11 is 0. The van der Waals surface area contributed by atoms with E-state index in [4.69, 9.17) is 6.57 Å². The minimum atomic E-state index is 0.235. The van der Waals surface area contributed by atoms with Gasteiger partial charge < -0.3 is 0 Å². The van der Waals surface area contributed by atoms with Crippen molar-refractivity contribution in [1.29, 1.82) is 0 Å². The van der Waals surface area contributed by atoms with Crippen molar-refractivity contribution < 1.29 is 0 Å². The van der Waals surface area contributed by atoms with Crippen molar-refractivity contribution in [3.05, 3.63) is 34.7 Å². The van der Waals surface area contributed by atoms with Gasteiger partial charge in [0.05, 0.1) is 5.52 Å². The van der Waals surface area contributed by atoms with Crippen LogP contribution in [0.25, 0.3) is 15.9 Å². The summed E-state index contributed by atoms with van der Waals surface area (Å²) < 4.78 is 1.62. The number of hydrogen-bond donors (Lipinski definition) is 0. The Bertz CT molecular complexity index is 519. The van der Waals surface area contributed by atoms with E-state index < -0.39 is 0 Å². The zero-order valence-corrected chi connectivity index (χ0v) is 8.15. The monoisotopic (exact) mass is 186 g/mol. The van der Waals surface area contributed by atoms with Crippen LogP contribution in [0.5, 0.6) is 0 Å². The first-order valence-corrected chi connectivity index (χ1v) is 4.36. The van der Waals surface area contributed by atoms with Crippen molar-refractivity contribution in [1.82, 2.24) is 15.0 Å². The van der Waals surface area contributed by atoms with E-state index in [1.165, 1.54) is 11.1 Å². The van der Waals surface area contributed by atoms with E-state index in [1.54, 1.807) is 4.68 Å². The lowest BCUT2D eigenvalue weighted by Crippen LogP contribution is -1.96. The first-order chi connectivity index (χ1) is 6.72. The van der Waals surface area contributed by atoms with Crippen molar-refractivity contribution in [2.24, 2.45) is 0 Å². The molecule has 0 amide bonds. The summed E-state index contributed by atoms with van der Waals surface area (Å²) in [5.41, 5.74) is 4.19. The van der Waals surface area contributed by atoms with Gasteiger partial charge in [-0.15, -0.1) is 5.10 Å². The maximum absolute atomic E-state index is 6.79. The Kier molecular flexibility index (Phi) is 1.93. The van der Waals surface area contributed by atoms with Gasteiger partial charge in [0.2, 0.25) is 0 Å². The van der Waals surface area contributed by atoms with Gasteiger partial charge in [-0.25, -0.2) is 6.57 Å². The van der Waals surface area contributed by atoms with E-state index >= 15 is 0 Å². The smallest absolute Gasteiger partial charge is 0.291 e. The van der Waals surface area contributed by atoms with Gasteiger partial charge >= 0.3 is 6.67 Å². The lowest BCUT2D eigenvalue weighted by atomic mass is 10.1. The quantitative estimate of drug-likeness (QED) is 0.638. The molecular formula is C10H10N4. The number of aryl methyl sites for hydroxylation is 2. The molecule has 2 rings (SSSR count). The van der Waals surface area contributed by atoms with E-state index in [2.05, 4.69) is 15.2 Å². The molecule has 0 radical (unpaired) electrons. The number of fused-ring (bicyclic) bond motifs is 1. The zero-order chi connectivity index (χ0) is 10.1. The molecule has 4 heteroatoms. The Hall–Kier alpha value is -1.89. The zero-order valence-electron chi connectivity index (χ0n) is 8.15. The van der Waals surface area contributed by atoms with Crippen LogP contribution >= 0.6 is 0 Å². The number of rotatable bonds is 1. The SMILES string of the molecule is [C-]#[N+]Cn1nnc2cc(C)c(C)cc21. The summed E-state index contributed by atoms with van der Waals surface area (Å²) in [7, 11) is 0. The number of nitrogens with zero attached hydrogens (tertiary/aromatic N) is 4. The lowest BCUT2D eigenvalue weighted by molar-refractivity contribution is 0.680. The summed E-state index contributed by atoms with van der Waals surface area (Å²) in [6, 6.07) is 4.02. The highest BCUT2D eigenvalue weighted by Crippen LogP contribution is 2.16. The van der Waals surface area contributed by atoms with Gasteiger partial charge in [-0.1, -0.05) is 5.21 Å². The topological polar surface area (TPSA) is 35.1 Å². The minimum absolute atomic E-state index is 0.235. The second-order valence-electron chi connectivity index (χ2n) is 3.31. The van der Waals surface area contributed by atoms with Gasteiger partial charge in [0, 0.05) is 0 Å². The highest BCUT2D eigenvalue weighted by Gasteiger charge is 2.06. The Balaban J connectivity index is 2.69. The first kappa shape index (κ1) is 8.70. The molecule has 1 aromatic carbocycles. The van der Waals surface area contributed by atoms with Gasteiger partial charge in [0.1, 0.15) is 5.52 Å². The van der Waals surface area contributed by atoms with Crippen molar-refractivity contribution in [3.63, 3.8) is 0 Å². The molecule has 0 saturated carbocycles. The molecule has 14 heavy (non-hydrogen) atoms. The molecule has 0 fully saturated rings. The van der Waals surface area contributed by atoms with Crippen LogP contribution in [-0.4, -0.2) is 15.0 Å². The van der Waals surface area contributed by atoms with Gasteiger partial charge in [-0.3, -0.25) is 4.85 Å². The van der Waals surface area contributed by atoms with Gasteiger partial charge in [0.15, 0.2) is 0 Å². The summed E-state index contributed by atoms with van der Waals surface area (Å²) in [5, 5.41) is 7.93. The van der Waals surface area contributed by atoms with Crippen molar-refractivity contribution in [2.45, 2.75) is 20.5 Å². The molecule has 0 aliphatic rings. The molecule has 0 saturated heterocycles. The molecule has 0 spiro atoms. The van der Waals surface area contributed by atoms with Gasteiger partial charge in [-0.05, 0) is 37.1 Å². The average molecular weight is 186 g/mol. The molecule has 2 aromatic rings. The number of aromatic nitrogens is 3. The highest BCUT2D eigenvalue weighted by molar-refractivity contribution is 5.76. The second-order valence-corrected chi connectivity index (χ2v) is 3.31. The largest absolute Gasteiger partial charge is 0.309 e. The molecule has 70 valence electrons. The maximum Gasteiger partial charge on any atom is 0.309 e. The average Bonchev–Trinajstić information content (AvgIpc) is 2.51. The Labute approximate surface area is 82.0 Å². The summed E-state index contributed by atoms with van der Waals surface area (Å²) in [4.78, 5) is 3.29. The molecule has 0 unspecified atom stereocenters. The minimum Gasteiger partial charge on any atom is -0.291 e. The summed E-state index contributed by atoms with van der Waals surface area (Å²) in [6.07, 6.45) is 0. The standard InChI is InChI=1S/C10H10N4/c1-7-4-9-10(5-8(7)2)14(6-11-3)13-12-9/h4-5H,6H2,1-2H3. The highest BCUT2D eigenvalue weighted by atomic mass is 15.4. The molecule has 1 aromatic heterocycles. The second kappa shape index (κ2) is 3.11. The van der Waals surface area contributed by atoms with E-state index in [-0.39, 0.29) is 6.67 Å². The fraction of sp³-hybridized carbons (Fsp3) is 0.300. The van der Waals surface area contributed by atoms with Gasteiger partial charge in [-0.2, -0.15) is 4.68 Å². The van der Waals surface area contributed by atoms with Crippen molar-refractivity contribution in [2.75, 3.05) is 0 Å². The predicted octanol–water partition coefficient (Wildman–Crippen LogP) is 1.92. The van der Waals surface area contributed by atoms with Crippen LogP contribution in [-0.2, 0) is 6.67 Å². The van der Waals surface area contributed by atoms with Crippen LogP contribution in [0.1, 0.15) is 11.1 Å². The normalized spacial score (nSPS) is 10.4. The fourth-order valence-electron chi connectivity index (χ4n) is 1.39. The van der Waals surface area contributed by atoms with Crippen LogP contribution in [0.4, 0.5) is 0 Å². The van der Waals surface area contributed by atoms with Crippen LogP contribution in [0.3, 0.4) is 0 Å². The molecule has 0 N–H and O–H groups in total. The van der Waals surface area contributed by atoms with E-state index in [9.17, 15) is 0 Å². The summed E-state index contributed by atoms with van der Waals surface area (Å²) in [5.74, 6) is 0. The van der Waals surface area contributed by atoms with Crippen LogP contribution < -0.4 is 0 Å². The maximum atomic E-state index is 6.79. The van der Waals surface area contributed by atoms with Gasteiger partial charge in [0.25, 0.3) is 0 Å². The Morgan fingerprint density at radius 1 is 1.36 bits per heavy atom. The van der Waals surface area contributed by atoms with Crippen LogP contribution in [0.15, 0.2) is 12.1 Å². The van der Waals surface area contributed by atoms with Crippen molar-refractivity contribution in [3.8, 4) is 0 Å². The lowest BCUT2D eigenvalue weighted by Gasteiger charge is -1.98. The van der Waals surface area contributed by atoms with E-state index in [0.717, 1.165) is 11.0 Å². The Morgan fingerprint density at radius 3 is 2.79 bits per heavy atom. The first-order valence-electron chi connectivity index (χ1n) is 4.36. The molecule has 1 heterocycles.